The van der Waals surface area contributed by atoms with Gasteiger partial charge in [0.2, 0.25) is 0 Å². The third kappa shape index (κ3) is 9.43. The normalized spacial score (nSPS) is 10.7. The minimum absolute atomic E-state index is 0.204. The molecule has 0 atom stereocenters. The molecule has 378 valence electrons. The zero-order valence-electron chi connectivity index (χ0n) is 40.1. The van der Waals surface area contributed by atoms with Crippen molar-refractivity contribution in [1.29, 1.82) is 15.8 Å². The van der Waals surface area contributed by atoms with Gasteiger partial charge in [0, 0.05) is 49.5 Å². The van der Waals surface area contributed by atoms with Crippen molar-refractivity contribution in [2.24, 2.45) is 0 Å². The number of aromatic nitrogens is 3. The van der Waals surface area contributed by atoms with Crippen LogP contribution in [0.1, 0.15) is 16.7 Å². The van der Waals surface area contributed by atoms with Gasteiger partial charge in [-0.05, 0) is 51.6 Å². The van der Waals surface area contributed by atoms with Crippen molar-refractivity contribution < 1.29 is 30.6 Å². The number of aromatic amines is 3. The number of aromatic hydroxyl groups is 6. The minimum atomic E-state index is -0.596. The molecule has 0 fully saturated rings. The van der Waals surface area contributed by atoms with Crippen molar-refractivity contribution in [3.63, 3.8) is 0 Å². The van der Waals surface area contributed by atoms with Gasteiger partial charge in [-0.3, -0.25) is 14.4 Å². The molecule has 6 heterocycles. The number of hydrogen-bond donors (Lipinski definition) is 9. The number of fused-ring (bicyclic) bond motifs is 3. The molecule has 0 aliphatic rings. The molecule has 15 nitrogen and oxygen atoms in total. The van der Waals surface area contributed by atoms with E-state index in [0.717, 1.165) is 66.8 Å². The van der Waals surface area contributed by atoms with E-state index in [9.17, 15) is 45.0 Å². The van der Waals surface area contributed by atoms with Crippen LogP contribution in [0.5, 0.6) is 34.5 Å². The molecular formula is C60H36N6O9S3. The summed E-state index contributed by atoms with van der Waals surface area (Å²) in [5, 5.41) is 95.2. The van der Waals surface area contributed by atoms with E-state index in [1.54, 1.807) is 54.6 Å². The van der Waals surface area contributed by atoms with Crippen LogP contribution in [0.3, 0.4) is 0 Å². The standard InChI is InChI=1S/3C20H12N2O3S/c3*21-9-14-18(24)17-15(10-26-20(17)22-19(14)25)12-7-5-11(6-8-12)13-3-1-2-4-16(13)23/h3*1-8,10,23H,(H2,22,24,25). The topological polar surface area (TPSA) is 291 Å². The number of nitriles is 3. The maximum Gasteiger partial charge on any atom is 0.270 e. The highest BCUT2D eigenvalue weighted by molar-refractivity contribution is 7.18. The number of hydrogen-bond acceptors (Lipinski definition) is 15. The quantitative estimate of drug-likeness (QED) is 0.0751. The molecule has 0 spiro atoms. The van der Waals surface area contributed by atoms with E-state index in [-0.39, 0.29) is 51.2 Å². The molecule has 9 N–H and O–H groups in total. The summed E-state index contributed by atoms with van der Waals surface area (Å²) >= 11 is 3.88. The summed E-state index contributed by atoms with van der Waals surface area (Å²) in [5.74, 6) is -0.285. The van der Waals surface area contributed by atoms with E-state index in [1.165, 1.54) is 34.0 Å². The van der Waals surface area contributed by atoms with E-state index < -0.39 is 16.7 Å². The Morgan fingerprint density at radius 2 is 0.538 bits per heavy atom. The largest absolute Gasteiger partial charge is 0.507 e. The van der Waals surface area contributed by atoms with Gasteiger partial charge in [-0.25, -0.2) is 0 Å². The van der Waals surface area contributed by atoms with Crippen LogP contribution in [0.25, 0.3) is 97.4 Å². The molecule has 0 saturated carbocycles. The summed E-state index contributed by atoms with van der Waals surface area (Å²) in [4.78, 5) is 44.9. The lowest BCUT2D eigenvalue weighted by molar-refractivity contribution is 0.477. The van der Waals surface area contributed by atoms with Crippen LogP contribution in [-0.4, -0.2) is 45.6 Å². The van der Waals surface area contributed by atoms with Crippen LogP contribution in [0.4, 0.5) is 0 Å². The summed E-state index contributed by atoms with van der Waals surface area (Å²) < 4.78 is 0. The Morgan fingerprint density at radius 3 is 0.756 bits per heavy atom. The zero-order valence-corrected chi connectivity index (χ0v) is 42.5. The van der Waals surface area contributed by atoms with Crippen molar-refractivity contribution in [1.82, 2.24) is 15.0 Å². The average Bonchev–Trinajstić information content (AvgIpc) is 4.38. The monoisotopic (exact) mass is 1080 g/mol. The number of H-pyrrole nitrogens is 3. The first-order valence-electron chi connectivity index (χ1n) is 23.3. The molecule has 0 saturated heterocycles. The highest BCUT2D eigenvalue weighted by atomic mass is 32.1. The molecule has 78 heavy (non-hydrogen) atoms. The molecule has 0 unspecified atom stereocenters. The van der Waals surface area contributed by atoms with Crippen molar-refractivity contribution >= 4 is 64.7 Å². The Balaban J connectivity index is 0.000000132. The van der Waals surface area contributed by atoms with Crippen LogP contribution < -0.4 is 16.7 Å². The van der Waals surface area contributed by atoms with E-state index in [0.29, 0.717) is 30.6 Å². The Labute approximate surface area is 452 Å². The van der Waals surface area contributed by atoms with Gasteiger partial charge >= 0.3 is 0 Å². The number of para-hydroxylation sites is 3. The molecule has 0 aliphatic carbocycles. The third-order valence-electron chi connectivity index (χ3n) is 12.7. The first kappa shape index (κ1) is 50.8. The van der Waals surface area contributed by atoms with E-state index in [4.69, 9.17) is 15.8 Å². The minimum Gasteiger partial charge on any atom is -0.507 e. The number of phenols is 3. The fourth-order valence-electron chi connectivity index (χ4n) is 8.84. The molecule has 0 radical (unpaired) electrons. The predicted octanol–water partition coefficient (Wildman–Crippen LogP) is 12.6. The Morgan fingerprint density at radius 1 is 0.321 bits per heavy atom. The molecule has 0 aliphatic heterocycles. The Bertz CT molecular complexity index is 4160. The average molecular weight is 1080 g/mol. The second-order valence-electron chi connectivity index (χ2n) is 17.2. The van der Waals surface area contributed by atoms with Crippen molar-refractivity contribution in [3.05, 3.63) is 209 Å². The number of benzene rings is 6. The number of pyridine rings is 3. The van der Waals surface area contributed by atoms with Gasteiger partial charge in [-0.15, -0.1) is 34.0 Å². The summed E-state index contributed by atoms with van der Waals surface area (Å²) in [6.45, 7) is 0. The van der Waals surface area contributed by atoms with Crippen LogP contribution >= 0.6 is 34.0 Å². The highest BCUT2D eigenvalue weighted by Gasteiger charge is 2.21. The maximum atomic E-state index is 11.8. The Kier molecular flexibility index (Phi) is 13.9. The number of phenolic OH excluding ortho intramolecular Hbond substituents is 3. The van der Waals surface area contributed by atoms with Gasteiger partial charge in [-0.1, -0.05) is 127 Å². The summed E-state index contributed by atoms with van der Waals surface area (Å²) in [7, 11) is 0. The van der Waals surface area contributed by atoms with Crippen molar-refractivity contribution in [2.45, 2.75) is 0 Å². The summed E-state index contributed by atoms with van der Waals surface area (Å²) in [6, 6.07) is 49.0. The van der Waals surface area contributed by atoms with Crippen LogP contribution in [-0.2, 0) is 0 Å². The summed E-state index contributed by atoms with van der Waals surface area (Å²) in [5.41, 5.74) is 6.83. The lowest BCUT2D eigenvalue weighted by Gasteiger charge is -2.07. The lowest BCUT2D eigenvalue weighted by atomic mass is 9.99. The fourth-order valence-corrected chi connectivity index (χ4v) is 11.7. The Hall–Kier alpha value is -10.7. The SMILES string of the molecule is N#Cc1c(O)c2c(-c3ccc(-c4ccccc4O)cc3)csc2[nH]c1=O.N#Cc1c(O)c2c(-c3ccc(-c4ccccc4O)cc3)csc2[nH]c1=O.N#Cc1c(O)c2c(-c3ccc(-c4ccccc4O)cc3)csc2[nH]c1=O. The predicted molar refractivity (Wildman–Crippen MR) is 304 cm³/mol. The first-order valence-corrected chi connectivity index (χ1v) is 25.9. The van der Waals surface area contributed by atoms with Crippen molar-refractivity contribution in [3.8, 4) is 119 Å². The van der Waals surface area contributed by atoms with Gasteiger partial charge in [0.1, 0.15) is 67.2 Å². The van der Waals surface area contributed by atoms with Gasteiger partial charge in [0.15, 0.2) is 16.7 Å². The van der Waals surface area contributed by atoms with Crippen molar-refractivity contribution in [2.75, 3.05) is 0 Å². The zero-order chi connectivity index (χ0) is 54.8. The van der Waals surface area contributed by atoms with E-state index in [2.05, 4.69) is 15.0 Å². The molecule has 12 aromatic rings. The maximum absolute atomic E-state index is 11.8. The van der Waals surface area contributed by atoms with Gasteiger partial charge in [-0.2, -0.15) is 15.8 Å². The number of rotatable bonds is 6. The van der Waals surface area contributed by atoms with Gasteiger partial charge in [0.05, 0.1) is 16.2 Å². The van der Waals surface area contributed by atoms with Crippen LogP contribution in [0.2, 0.25) is 0 Å². The smallest absolute Gasteiger partial charge is 0.270 e. The van der Waals surface area contributed by atoms with E-state index >= 15 is 0 Å². The highest BCUT2D eigenvalue weighted by Crippen LogP contribution is 2.43. The van der Waals surface area contributed by atoms with Gasteiger partial charge < -0.3 is 45.6 Å². The number of thiophene rings is 3. The number of nitrogens with zero attached hydrogens (tertiary/aromatic N) is 3. The van der Waals surface area contributed by atoms with E-state index in [1.807, 2.05) is 125 Å². The lowest BCUT2D eigenvalue weighted by Crippen LogP contribution is -2.09. The molecule has 12 rings (SSSR count). The first-order chi connectivity index (χ1) is 37.8. The molecule has 0 bridgehead atoms. The fraction of sp³-hybridized carbons (Fsp3) is 0. The second-order valence-corrected chi connectivity index (χ2v) is 19.9. The molecule has 18 heteroatoms. The number of nitrogens with one attached hydrogen (secondary N) is 3. The second kappa shape index (κ2) is 21.3. The molecular weight excluding hydrogens is 1040 g/mol. The van der Waals surface area contributed by atoms with Crippen LogP contribution in [0.15, 0.2) is 176 Å². The molecule has 0 amide bonds. The molecule has 6 aromatic carbocycles. The van der Waals surface area contributed by atoms with Gasteiger partial charge in [0.25, 0.3) is 16.7 Å². The van der Waals surface area contributed by atoms with Crippen LogP contribution in [0, 0.1) is 34.0 Å². The summed E-state index contributed by atoms with van der Waals surface area (Å²) in [6.07, 6.45) is 0. The molecule has 6 aromatic heterocycles. The third-order valence-corrected chi connectivity index (χ3v) is 15.4.